The lowest BCUT2D eigenvalue weighted by molar-refractivity contribution is 0.154. The zero-order chi connectivity index (χ0) is 12.8. The van der Waals surface area contributed by atoms with Crippen LogP contribution in [0.2, 0.25) is 0 Å². The minimum atomic E-state index is 0.443. The molecule has 0 aromatic heterocycles. The quantitative estimate of drug-likeness (QED) is 0.852. The Morgan fingerprint density at radius 2 is 1.78 bits per heavy atom. The van der Waals surface area contributed by atoms with Gasteiger partial charge in [0, 0.05) is 45.3 Å². The van der Waals surface area contributed by atoms with Crippen molar-refractivity contribution >= 4 is 0 Å². The maximum absolute atomic E-state index is 3.60. The molecular weight excluding hydrogens is 222 g/mol. The zero-order valence-corrected chi connectivity index (χ0v) is 11.6. The molecule has 0 spiro atoms. The van der Waals surface area contributed by atoms with E-state index < -0.39 is 0 Å². The van der Waals surface area contributed by atoms with Gasteiger partial charge in [0.1, 0.15) is 0 Å². The summed E-state index contributed by atoms with van der Waals surface area (Å²) in [7, 11) is 2.20. The van der Waals surface area contributed by atoms with E-state index in [1.807, 2.05) is 0 Å². The van der Waals surface area contributed by atoms with Crippen molar-refractivity contribution < 1.29 is 0 Å². The molecule has 1 heterocycles. The van der Waals surface area contributed by atoms with Crippen LogP contribution in [0.25, 0.3) is 0 Å². The number of benzene rings is 1. The van der Waals surface area contributed by atoms with Gasteiger partial charge in [0.25, 0.3) is 0 Å². The van der Waals surface area contributed by atoms with Crippen molar-refractivity contribution in [2.45, 2.75) is 13.0 Å². The third kappa shape index (κ3) is 4.09. The molecule has 0 aliphatic carbocycles. The summed E-state index contributed by atoms with van der Waals surface area (Å²) in [4.78, 5) is 4.95. The Labute approximate surface area is 111 Å². The first-order valence-corrected chi connectivity index (χ1v) is 6.95. The Morgan fingerprint density at radius 1 is 1.11 bits per heavy atom. The van der Waals surface area contributed by atoms with Gasteiger partial charge in [-0.3, -0.25) is 4.90 Å². The number of piperazine rings is 1. The van der Waals surface area contributed by atoms with E-state index in [1.165, 1.54) is 31.7 Å². The van der Waals surface area contributed by atoms with Crippen molar-refractivity contribution in [3.05, 3.63) is 35.9 Å². The molecule has 100 valence electrons. The van der Waals surface area contributed by atoms with E-state index in [0.717, 1.165) is 13.1 Å². The van der Waals surface area contributed by atoms with Crippen LogP contribution in [0.1, 0.15) is 18.5 Å². The average molecular weight is 247 g/mol. The predicted octanol–water partition coefficient (Wildman–Crippen LogP) is 1.58. The molecule has 3 heteroatoms. The Bertz CT molecular complexity index is 331. The summed E-state index contributed by atoms with van der Waals surface area (Å²) in [6.07, 6.45) is 0. The van der Waals surface area contributed by atoms with Crippen LogP contribution < -0.4 is 5.32 Å². The van der Waals surface area contributed by atoms with Crippen LogP contribution in [-0.2, 0) is 0 Å². The Balaban J connectivity index is 1.66. The molecule has 1 aromatic rings. The minimum absolute atomic E-state index is 0.443. The number of likely N-dealkylation sites (N-methyl/N-ethyl adjacent to an activating group) is 1. The number of nitrogens with zero attached hydrogens (tertiary/aromatic N) is 2. The Morgan fingerprint density at radius 3 is 2.44 bits per heavy atom. The van der Waals surface area contributed by atoms with E-state index >= 15 is 0 Å². The summed E-state index contributed by atoms with van der Waals surface area (Å²) in [5.41, 5.74) is 1.37. The van der Waals surface area contributed by atoms with Crippen molar-refractivity contribution in [1.82, 2.24) is 15.1 Å². The highest BCUT2D eigenvalue weighted by molar-refractivity contribution is 5.17. The van der Waals surface area contributed by atoms with Crippen LogP contribution in [-0.4, -0.2) is 56.1 Å². The lowest BCUT2D eigenvalue weighted by Crippen LogP contribution is -2.46. The standard InChI is InChI=1S/C15H25N3/c1-14(15-6-4-3-5-7-15)16-8-9-18-12-10-17(2)11-13-18/h3-7,14,16H,8-13H2,1-2H3. The lowest BCUT2D eigenvalue weighted by atomic mass is 10.1. The summed E-state index contributed by atoms with van der Waals surface area (Å²) < 4.78 is 0. The summed E-state index contributed by atoms with van der Waals surface area (Å²) in [6.45, 7) is 9.28. The number of nitrogens with one attached hydrogen (secondary N) is 1. The fraction of sp³-hybridized carbons (Fsp3) is 0.600. The van der Waals surface area contributed by atoms with Crippen LogP contribution in [0.3, 0.4) is 0 Å². The van der Waals surface area contributed by atoms with Crippen LogP contribution in [0.5, 0.6) is 0 Å². The van der Waals surface area contributed by atoms with Gasteiger partial charge in [-0.1, -0.05) is 30.3 Å². The smallest absolute Gasteiger partial charge is 0.0292 e. The SMILES string of the molecule is CC(NCCN1CCN(C)CC1)c1ccccc1. The molecular formula is C15H25N3. The van der Waals surface area contributed by atoms with Gasteiger partial charge in [-0.25, -0.2) is 0 Å². The molecule has 3 nitrogen and oxygen atoms in total. The first-order valence-electron chi connectivity index (χ1n) is 6.95. The second kappa shape index (κ2) is 6.88. The second-order valence-electron chi connectivity index (χ2n) is 5.23. The molecule has 1 unspecified atom stereocenters. The summed E-state index contributed by atoms with van der Waals surface area (Å²) in [6, 6.07) is 11.1. The fourth-order valence-corrected chi connectivity index (χ4v) is 2.37. The fourth-order valence-electron chi connectivity index (χ4n) is 2.37. The molecule has 0 amide bonds. The van der Waals surface area contributed by atoms with Crippen molar-refractivity contribution in [3.8, 4) is 0 Å². The van der Waals surface area contributed by atoms with Gasteiger partial charge in [-0.15, -0.1) is 0 Å². The molecule has 1 aromatic carbocycles. The van der Waals surface area contributed by atoms with Crippen LogP contribution in [0.4, 0.5) is 0 Å². The van der Waals surface area contributed by atoms with Gasteiger partial charge in [-0.2, -0.15) is 0 Å². The molecule has 1 aliphatic rings. The summed E-state index contributed by atoms with van der Waals surface area (Å²) >= 11 is 0. The molecule has 18 heavy (non-hydrogen) atoms. The monoisotopic (exact) mass is 247 g/mol. The second-order valence-corrected chi connectivity index (χ2v) is 5.23. The van der Waals surface area contributed by atoms with Crippen LogP contribution in [0.15, 0.2) is 30.3 Å². The third-order valence-corrected chi connectivity index (χ3v) is 3.77. The third-order valence-electron chi connectivity index (χ3n) is 3.77. The highest BCUT2D eigenvalue weighted by atomic mass is 15.2. The van der Waals surface area contributed by atoms with Gasteiger partial charge in [-0.05, 0) is 19.5 Å². The molecule has 0 saturated carbocycles. The molecule has 1 aliphatic heterocycles. The maximum Gasteiger partial charge on any atom is 0.0292 e. The van der Waals surface area contributed by atoms with E-state index in [0.29, 0.717) is 6.04 Å². The molecule has 1 fully saturated rings. The normalized spacial score (nSPS) is 19.9. The largest absolute Gasteiger partial charge is 0.309 e. The van der Waals surface area contributed by atoms with E-state index in [-0.39, 0.29) is 0 Å². The molecule has 0 bridgehead atoms. The topological polar surface area (TPSA) is 18.5 Å². The van der Waals surface area contributed by atoms with E-state index in [1.54, 1.807) is 0 Å². The molecule has 1 atom stereocenters. The average Bonchev–Trinajstić information content (AvgIpc) is 2.42. The molecule has 1 N–H and O–H groups in total. The van der Waals surface area contributed by atoms with E-state index in [4.69, 9.17) is 0 Å². The van der Waals surface area contributed by atoms with Crippen molar-refractivity contribution in [2.75, 3.05) is 46.3 Å². The summed E-state index contributed by atoms with van der Waals surface area (Å²) in [5.74, 6) is 0. The van der Waals surface area contributed by atoms with Gasteiger partial charge < -0.3 is 10.2 Å². The lowest BCUT2D eigenvalue weighted by Gasteiger charge is -2.32. The Kier molecular flexibility index (Phi) is 5.17. The van der Waals surface area contributed by atoms with Crippen LogP contribution in [0, 0.1) is 0 Å². The van der Waals surface area contributed by atoms with Gasteiger partial charge in [0.2, 0.25) is 0 Å². The molecule has 2 rings (SSSR count). The highest BCUT2D eigenvalue weighted by Gasteiger charge is 2.13. The Hall–Kier alpha value is -0.900. The first kappa shape index (κ1) is 13.5. The first-order chi connectivity index (χ1) is 8.75. The van der Waals surface area contributed by atoms with Crippen molar-refractivity contribution in [2.24, 2.45) is 0 Å². The minimum Gasteiger partial charge on any atom is -0.309 e. The zero-order valence-electron chi connectivity index (χ0n) is 11.6. The van der Waals surface area contributed by atoms with E-state index in [2.05, 4.69) is 59.4 Å². The number of hydrogen-bond donors (Lipinski definition) is 1. The van der Waals surface area contributed by atoms with Crippen molar-refractivity contribution in [3.63, 3.8) is 0 Å². The molecule has 0 radical (unpaired) electrons. The predicted molar refractivity (Wildman–Crippen MR) is 76.8 cm³/mol. The highest BCUT2D eigenvalue weighted by Crippen LogP contribution is 2.10. The number of hydrogen-bond acceptors (Lipinski definition) is 3. The maximum atomic E-state index is 3.60. The van der Waals surface area contributed by atoms with Gasteiger partial charge >= 0.3 is 0 Å². The summed E-state index contributed by atoms with van der Waals surface area (Å²) in [5, 5.41) is 3.60. The van der Waals surface area contributed by atoms with Crippen molar-refractivity contribution in [1.29, 1.82) is 0 Å². The molecule has 1 saturated heterocycles. The van der Waals surface area contributed by atoms with Crippen LogP contribution >= 0.6 is 0 Å². The van der Waals surface area contributed by atoms with E-state index in [9.17, 15) is 0 Å². The number of rotatable bonds is 5. The van der Waals surface area contributed by atoms with Gasteiger partial charge in [0.15, 0.2) is 0 Å². The van der Waals surface area contributed by atoms with Gasteiger partial charge in [0.05, 0.1) is 0 Å².